The van der Waals surface area contributed by atoms with E-state index in [0.717, 1.165) is 20.8 Å². The van der Waals surface area contributed by atoms with Crippen LogP contribution in [0.4, 0.5) is 11.4 Å². The van der Waals surface area contributed by atoms with Crippen LogP contribution >= 0.6 is 11.3 Å². The Balaban J connectivity index is 1.43. The molecule has 0 spiro atoms. The van der Waals surface area contributed by atoms with Gasteiger partial charge in [-0.25, -0.2) is 13.4 Å². The molecular formula is C27H21N3O3S2. The molecule has 1 N–H and O–H groups in total. The van der Waals surface area contributed by atoms with Gasteiger partial charge in [-0.15, -0.1) is 11.3 Å². The molecule has 5 aromatic rings. The molecule has 0 fully saturated rings. The fourth-order valence-corrected chi connectivity index (χ4v) is 5.94. The number of nitrogens with one attached hydrogen (secondary N) is 1. The van der Waals surface area contributed by atoms with Crippen molar-refractivity contribution in [3.05, 3.63) is 109 Å². The maximum Gasteiger partial charge on any atom is 0.264 e. The summed E-state index contributed by atoms with van der Waals surface area (Å²) in [5.74, 6) is -0.405. The van der Waals surface area contributed by atoms with Gasteiger partial charge in [0.1, 0.15) is 5.01 Å². The quantitative estimate of drug-likeness (QED) is 0.309. The number of rotatable bonds is 6. The van der Waals surface area contributed by atoms with Gasteiger partial charge in [0.05, 0.1) is 26.5 Å². The maximum absolute atomic E-state index is 13.2. The first kappa shape index (κ1) is 22.8. The average molecular weight is 500 g/mol. The standard InChI is InChI=1S/C27H21N3O3S2/c1-30(20-11-3-2-4-12-20)35(32,33)21-13-9-10-19(18-21)26(31)28-23-15-6-5-14-22(23)27-29-24-16-7-8-17-25(24)34-27/h2-18H,1H3,(H,28,31). The number of hydrogen-bond acceptors (Lipinski definition) is 5. The third-order valence-corrected chi connectivity index (χ3v) is 8.43. The third kappa shape index (κ3) is 4.53. The number of para-hydroxylation sites is 3. The molecule has 1 amide bonds. The molecule has 35 heavy (non-hydrogen) atoms. The Kier molecular flexibility index (Phi) is 6.07. The van der Waals surface area contributed by atoms with Crippen molar-refractivity contribution in [2.45, 2.75) is 4.90 Å². The van der Waals surface area contributed by atoms with Crippen LogP contribution < -0.4 is 9.62 Å². The van der Waals surface area contributed by atoms with E-state index in [0.29, 0.717) is 11.4 Å². The number of thiazole rings is 1. The lowest BCUT2D eigenvalue weighted by Gasteiger charge is -2.19. The minimum absolute atomic E-state index is 0.0379. The summed E-state index contributed by atoms with van der Waals surface area (Å²) in [6.45, 7) is 0. The van der Waals surface area contributed by atoms with E-state index in [1.165, 1.54) is 23.5 Å². The monoisotopic (exact) mass is 499 g/mol. The molecule has 0 saturated carbocycles. The topological polar surface area (TPSA) is 79.4 Å². The first-order chi connectivity index (χ1) is 16.9. The van der Waals surface area contributed by atoms with Gasteiger partial charge in [-0.1, -0.05) is 48.5 Å². The van der Waals surface area contributed by atoms with Gasteiger partial charge in [-0.05, 0) is 54.6 Å². The molecule has 174 valence electrons. The van der Waals surface area contributed by atoms with Gasteiger partial charge in [0, 0.05) is 18.2 Å². The second-order valence-corrected chi connectivity index (χ2v) is 10.8. The molecule has 0 saturated heterocycles. The Bertz CT molecular complexity index is 1600. The Labute approximate surface area is 207 Å². The number of amides is 1. The molecule has 0 radical (unpaired) electrons. The van der Waals surface area contributed by atoms with Gasteiger partial charge in [0.2, 0.25) is 0 Å². The molecule has 1 heterocycles. The third-order valence-electron chi connectivity index (χ3n) is 5.57. The lowest BCUT2D eigenvalue weighted by Crippen LogP contribution is -2.26. The van der Waals surface area contributed by atoms with Crippen LogP contribution in [0.15, 0.2) is 108 Å². The molecule has 0 bridgehead atoms. The van der Waals surface area contributed by atoms with Gasteiger partial charge in [0.25, 0.3) is 15.9 Å². The van der Waals surface area contributed by atoms with Crippen LogP contribution in [0.5, 0.6) is 0 Å². The van der Waals surface area contributed by atoms with Gasteiger partial charge in [-0.3, -0.25) is 9.10 Å². The Morgan fingerprint density at radius 3 is 2.37 bits per heavy atom. The fourth-order valence-electron chi connectivity index (χ4n) is 3.69. The Morgan fingerprint density at radius 1 is 0.857 bits per heavy atom. The van der Waals surface area contributed by atoms with E-state index in [1.54, 1.807) is 47.7 Å². The second-order valence-electron chi connectivity index (χ2n) is 7.82. The molecule has 4 aromatic carbocycles. The van der Waals surface area contributed by atoms with Gasteiger partial charge in [-0.2, -0.15) is 0 Å². The number of nitrogens with zero attached hydrogens (tertiary/aromatic N) is 2. The first-order valence-corrected chi connectivity index (χ1v) is 13.1. The van der Waals surface area contributed by atoms with Crippen molar-refractivity contribution < 1.29 is 13.2 Å². The van der Waals surface area contributed by atoms with E-state index in [2.05, 4.69) is 5.32 Å². The summed E-state index contributed by atoms with van der Waals surface area (Å²) in [5.41, 5.74) is 3.08. The minimum atomic E-state index is -3.84. The lowest BCUT2D eigenvalue weighted by molar-refractivity contribution is 0.102. The van der Waals surface area contributed by atoms with Crippen molar-refractivity contribution in [3.63, 3.8) is 0 Å². The van der Waals surface area contributed by atoms with Crippen LogP contribution in [0.1, 0.15) is 10.4 Å². The molecule has 0 aliphatic rings. The van der Waals surface area contributed by atoms with Crippen LogP contribution in [0.3, 0.4) is 0 Å². The molecule has 0 unspecified atom stereocenters. The number of benzene rings is 4. The summed E-state index contributed by atoms with van der Waals surface area (Å²) >= 11 is 1.55. The van der Waals surface area contributed by atoms with Crippen molar-refractivity contribution in [1.82, 2.24) is 4.98 Å². The van der Waals surface area contributed by atoms with Crippen molar-refractivity contribution in [2.75, 3.05) is 16.7 Å². The number of carbonyl (C=O) groups is 1. The van der Waals surface area contributed by atoms with E-state index < -0.39 is 15.9 Å². The summed E-state index contributed by atoms with van der Waals surface area (Å²) in [5, 5.41) is 3.72. The Morgan fingerprint density at radius 2 is 1.57 bits per heavy atom. The highest BCUT2D eigenvalue weighted by atomic mass is 32.2. The van der Waals surface area contributed by atoms with Crippen molar-refractivity contribution in [1.29, 1.82) is 0 Å². The lowest BCUT2D eigenvalue weighted by atomic mass is 10.1. The summed E-state index contributed by atoms with van der Waals surface area (Å²) < 4.78 is 28.6. The van der Waals surface area contributed by atoms with Gasteiger partial charge >= 0.3 is 0 Å². The van der Waals surface area contributed by atoms with E-state index >= 15 is 0 Å². The van der Waals surface area contributed by atoms with Crippen molar-refractivity contribution in [2.24, 2.45) is 0 Å². The van der Waals surface area contributed by atoms with Gasteiger partial charge < -0.3 is 5.32 Å². The molecule has 0 atom stereocenters. The van der Waals surface area contributed by atoms with E-state index in [1.807, 2.05) is 54.6 Å². The molecule has 6 nitrogen and oxygen atoms in total. The van der Waals surface area contributed by atoms with Crippen LogP contribution in [0.2, 0.25) is 0 Å². The van der Waals surface area contributed by atoms with Gasteiger partial charge in [0.15, 0.2) is 0 Å². The summed E-state index contributed by atoms with van der Waals surface area (Å²) in [6.07, 6.45) is 0. The molecule has 0 aliphatic heterocycles. The maximum atomic E-state index is 13.2. The Hall–Kier alpha value is -4.01. The molecular weight excluding hydrogens is 478 g/mol. The largest absolute Gasteiger partial charge is 0.321 e. The zero-order valence-corrected chi connectivity index (χ0v) is 20.4. The normalized spacial score (nSPS) is 11.3. The van der Waals surface area contributed by atoms with Crippen molar-refractivity contribution >= 4 is 48.9 Å². The zero-order valence-electron chi connectivity index (χ0n) is 18.8. The predicted molar refractivity (Wildman–Crippen MR) is 141 cm³/mol. The summed E-state index contributed by atoms with van der Waals surface area (Å²) in [6, 6.07) is 30.2. The zero-order chi connectivity index (χ0) is 24.4. The number of anilines is 2. The SMILES string of the molecule is CN(c1ccccc1)S(=O)(=O)c1cccc(C(=O)Nc2ccccc2-c2nc3ccccc3s2)c1. The van der Waals surface area contributed by atoms with Crippen LogP contribution in [0, 0.1) is 0 Å². The first-order valence-electron chi connectivity index (χ1n) is 10.8. The molecule has 8 heteroatoms. The van der Waals surface area contributed by atoms with Crippen molar-refractivity contribution in [3.8, 4) is 10.6 Å². The number of sulfonamides is 1. The van der Waals surface area contributed by atoms with E-state index in [9.17, 15) is 13.2 Å². The van der Waals surface area contributed by atoms with Crippen LogP contribution in [-0.4, -0.2) is 26.4 Å². The highest BCUT2D eigenvalue weighted by Crippen LogP contribution is 2.34. The summed E-state index contributed by atoms with van der Waals surface area (Å²) in [4.78, 5) is 17.9. The van der Waals surface area contributed by atoms with E-state index in [-0.39, 0.29) is 10.5 Å². The average Bonchev–Trinajstić information content (AvgIpc) is 3.33. The van der Waals surface area contributed by atoms with Crippen LogP contribution in [-0.2, 0) is 10.0 Å². The van der Waals surface area contributed by atoms with E-state index in [4.69, 9.17) is 4.98 Å². The number of aromatic nitrogens is 1. The molecule has 0 aliphatic carbocycles. The molecule has 1 aromatic heterocycles. The fraction of sp³-hybridized carbons (Fsp3) is 0.0370. The van der Waals surface area contributed by atoms with Crippen LogP contribution in [0.25, 0.3) is 20.8 Å². The highest BCUT2D eigenvalue weighted by molar-refractivity contribution is 7.92. The smallest absolute Gasteiger partial charge is 0.264 e. The second kappa shape index (κ2) is 9.32. The number of carbonyl (C=O) groups excluding carboxylic acids is 1. The highest BCUT2D eigenvalue weighted by Gasteiger charge is 2.22. The predicted octanol–water partition coefficient (Wildman–Crippen LogP) is 6.04. The molecule has 5 rings (SSSR count). The minimum Gasteiger partial charge on any atom is -0.321 e. The number of fused-ring (bicyclic) bond motifs is 1. The summed E-state index contributed by atoms with van der Waals surface area (Å²) in [7, 11) is -2.35. The number of hydrogen-bond donors (Lipinski definition) is 1.